The van der Waals surface area contributed by atoms with Gasteiger partial charge in [0, 0.05) is 21.4 Å². The van der Waals surface area contributed by atoms with E-state index in [2.05, 4.69) is 38.4 Å². The Kier molecular flexibility index (Phi) is 4.38. The second-order valence-corrected chi connectivity index (χ2v) is 5.51. The van der Waals surface area contributed by atoms with Crippen molar-refractivity contribution in [3.63, 3.8) is 0 Å². The first-order valence-corrected chi connectivity index (χ1v) is 6.83. The number of nitrogens with zero attached hydrogens (tertiary/aromatic N) is 1. The first kappa shape index (κ1) is 13.5. The Hall–Kier alpha value is -0.900. The number of rotatable bonds is 3. The maximum Gasteiger partial charge on any atom is 0.0590 e. The molecule has 2 aromatic rings. The molecule has 4 heteroatoms. The molecule has 0 aliphatic heterocycles. The van der Waals surface area contributed by atoms with Crippen molar-refractivity contribution in [2.24, 2.45) is 0 Å². The van der Waals surface area contributed by atoms with Gasteiger partial charge in [-0.2, -0.15) is 0 Å². The SMILES string of the molecule is CNC(c1ccc(C)nc1)c1cc(Cl)cc(Br)c1. The van der Waals surface area contributed by atoms with Crippen molar-refractivity contribution >= 4 is 27.5 Å². The van der Waals surface area contributed by atoms with Crippen molar-refractivity contribution in [1.82, 2.24) is 10.3 Å². The fraction of sp³-hybridized carbons (Fsp3) is 0.214. The van der Waals surface area contributed by atoms with Crippen LogP contribution >= 0.6 is 27.5 Å². The number of pyridine rings is 1. The molecule has 0 saturated heterocycles. The maximum atomic E-state index is 6.09. The second-order valence-electron chi connectivity index (χ2n) is 4.16. The number of hydrogen-bond acceptors (Lipinski definition) is 2. The second kappa shape index (κ2) is 5.83. The number of halogens is 2. The normalized spacial score (nSPS) is 12.4. The van der Waals surface area contributed by atoms with Crippen LogP contribution in [0.1, 0.15) is 22.9 Å². The van der Waals surface area contributed by atoms with Gasteiger partial charge >= 0.3 is 0 Å². The topological polar surface area (TPSA) is 24.9 Å². The van der Waals surface area contributed by atoms with Crippen molar-refractivity contribution in [2.75, 3.05) is 7.05 Å². The van der Waals surface area contributed by atoms with Gasteiger partial charge < -0.3 is 5.32 Å². The highest BCUT2D eigenvalue weighted by atomic mass is 79.9. The van der Waals surface area contributed by atoms with Gasteiger partial charge in [0.2, 0.25) is 0 Å². The molecule has 18 heavy (non-hydrogen) atoms. The molecule has 2 rings (SSSR count). The van der Waals surface area contributed by atoms with Crippen LogP contribution in [0, 0.1) is 6.92 Å². The highest BCUT2D eigenvalue weighted by Crippen LogP contribution is 2.27. The molecule has 1 heterocycles. The highest BCUT2D eigenvalue weighted by molar-refractivity contribution is 9.10. The zero-order valence-corrected chi connectivity index (χ0v) is 12.6. The fourth-order valence-electron chi connectivity index (χ4n) is 1.92. The van der Waals surface area contributed by atoms with Gasteiger partial charge in [0.1, 0.15) is 0 Å². The van der Waals surface area contributed by atoms with Crippen LogP contribution in [0.15, 0.2) is 41.0 Å². The number of aryl methyl sites for hydroxylation is 1. The number of hydrogen-bond donors (Lipinski definition) is 1. The minimum Gasteiger partial charge on any atom is -0.309 e. The Bertz CT molecular complexity index is 520. The zero-order valence-electron chi connectivity index (χ0n) is 10.2. The smallest absolute Gasteiger partial charge is 0.0590 e. The van der Waals surface area contributed by atoms with E-state index in [-0.39, 0.29) is 6.04 Å². The molecule has 2 nitrogen and oxygen atoms in total. The Morgan fingerprint density at radius 1 is 1.22 bits per heavy atom. The molecule has 94 valence electrons. The minimum absolute atomic E-state index is 0.0908. The summed E-state index contributed by atoms with van der Waals surface area (Å²) < 4.78 is 0.977. The van der Waals surface area contributed by atoms with Gasteiger partial charge in [-0.25, -0.2) is 0 Å². The van der Waals surface area contributed by atoms with E-state index < -0.39 is 0 Å². The Morgan fingerprint density at radius 3 is 2.56 bits per heavy atom. The molecule has 0 saturated carbocycles. The zero-order chi connectivity index (χ0) is 13.1. The summed E-state index contributed by atoms with van der Waals surface area (Å²) >= 11 is 9.56. The summed E-state index contributed by atoms with van der Waals surface area (Å²) in [5.41, 5.74) is 3.25. The highest BCUT2D eigenvalue weighted by Gasteiger charge is 2.13. The van der Waals surface area contributed by atoms with Crippen LogP contribution in [0.4, 0.5) is 0 Å². The largest absolute Gasteiger partial charge is 0.309 e. The van der Waals surface area contributed by atoms with E-state index in [1.165, 1.54) is 0 Å². The third-order valence-corrected chi connectivity index (χ3v) is 3.45. The number of nitrogens with one attached hydrogen (secondary N) is 1. The predicted molar refractivity (Wildman–Crippen MR) is 79.0 cm³/mol. The van der Waals surface area contributed by atoms with Crippen molar-refractivity contribution in [1.29, 1.82) is 0 Å². The first-order valence-electron chi connectivity index (χ1n) is 5.66. The number of aromatic nitrogens is 1. The lowest BCUT2D eigenvalue weighted by atomic mass is 10.0. The van der Waals surface area contributed by atoms with E-state index in [1.807, 2.05) is 38.4 Å². The maximum absolute atomic E-state index is 6.09. The van der Waals surface area contributed by atoms with E-state index in [1.54, 1.807) is 0 Å². The van der Waals surface area contributed by atoms with Crippen molar-refractivity contribution in [3.05, 3.63) is 62.8 Å². The lowest BCUT2D eigenvalue weighted by Crippen LogP contribution is -2.17. The molecule has 1 aromatic heterocycles. The quantitative estimate of drug-likeness (QED) is 0.918. The van der Waals surface area contributed by atoms with Crippen molar-refractivity contribution < 1.29 is 0 Å². The lowest BCUT2D eigenvalue weighted by Gasteiger charge is -2.17. The van der Waals surface area contributed by atoms with Crippen LogP contribution in [0.3, 0.4) is 0 Å². The molecule has 0 fully saturated rings. The molecule has 1 unspecified atom stereocenters. The number of benzene rings is 1. The van der Waals surface area contributed by atoms with Crippen LogP contribution in [0.2, 0.25) is 5.02 Å². The molecule has 1 aromatic carbocycles. The minimum atomic E-state index is 0.0908. The molecule has 0 aliphatic rings. The summed E-state index contributed by atoms with van der Waals surface area (Å²) in [7, 11) is 1.93. The summed E-state index contributed by atoms with van der Waals surface area (Å²) in [6.45, 7) is 1.98. The van der Waals surface area contributed by atoms with Gasteiger partial charge in [0.25, 0.3) is 0 Å². The molecular weight excluding hydrogens is 312 g/mol. The Balaban J connectivity index is 2.41. The van der Waals surface area contributed by atoms with Crippen LogP contribution in [-0.2, 0) is 0 Å². The third-order valence-electron chi connectivity index (χ3n) is 2.77. The van der Waals surface area contributed by atoms with Gasteiger partial charge in [-0.05, 0) is 49.4 Å². The molecule has 0 spiro atoms. The van der Waals surface area contributed by atoms with Crippen molar-refractivity contribution in [2.45, 2.75) is 13.0 Å². The summed E-state index contributed by atoms with van der Waals surface area (Å²) in [5.74, 6) is 0. The lowest BCUT2D eigenvalue weighted by molar-refractivity contribution is 0.688. The van der Waals surface area contributed by atoms with Crippen LogP contribution in [0.5, 0.6) is 0 Å². The van der Waals surface area contributed by atoms with Crippen molar-refractivity contribution in [3.8, 4) is 0 Å². The standard InChI is InChI=1S/C14H14BrClN2/c1-9-3-4-10(8-18-9)14(17-2)11-5-12(15)7-13(16)6-11/h3-8,14,17H,1-2H3. The van der Waals surface area contributed by atoms with Crippen LogP contribution < -0.4 is 5.32 Å². The van der Waals surface area contributed by atoms with Gasteiger partial charge in [-0.1, -0.05) is 33.6 Å². The molecule has 0 aliphatic carbocycles. The summed E-state index contributed by atoms with van der Waals surface area (Å²) in [4.78, 5) is 4.33. The van der Waals surface area contributed by atoms with Gasteiger partial charge in [0.15, 0.2) is 0 Å². The molecule has 1 atom stereocenters. The van der Waals surface area contributed by atoms with E-state index in [0.717, 1.165) is 26.3 Å². The molecule has 0 amide bonds. The van der Waals surface area contributed by atoms with Crippen LogP contribution in [0.25, 0.3) is 0 Å². The van der Waals surface area contributed by atoms with E-state index >= 15 is 0 Å². The fourth-order valence-corrected chi connectivity index (χ4v) is 2.80. The Morgan fingerprint density at radius 2 is 2.00 bits per heavy atom. The predicted octanol–water partition coefficient (Wildman–Crippen LogP) is 4.11. The first-order chi connectivity index (χ1) is 8.60. The molecular formula is C14H14BrClN2. The third kappa shape index (κ3) is 3.10. The van der Waals surface area contributed by atoms with E-state index in [9.17, 15) is 0 Å². The summed E-state index contributed by atoms with van der Waals surface area (Å²) in [5, 5.41) is 4.01. The van der Waals surface area contributed by atoms with E-state index in [0.29, 0.717) is 0 Å². The molecule has 0 bridgehead atoms. The summed E-state index contributed by atoms with van der Waals surface area (Å²) in [6, 6.07) is 10.1. The molecule has 0 radical (unpaired) electrons. The van der Waals surface area contributed by atoms with Gasteiger partial charge in [-0.3, -0.25) is 4.98 Å². The van der Waals surface area contributed by atoms with Gasteiger partial charge in [0.05, 0.1) is 6.04 Å². The summed E-state index contributed by atoms with van der Waals surface area (Å²) in [6.07, 6.45) is 1.89. The van der Waals surface area contributed by atoms with Crippen LogP contribution in [-0.4, -0.2) is 12.0 Å². The monoisotopic (exact) mass is 324 g/mol. The average molecular weight is 326 g/mol. The average Bonchev–Trinajstić information content (AvgIpc) is 2.31. The van der Waals surface area contributed by atoms with E-state index in [4.69, 9.17) is 11.6 Å². The van der Waals surface area contributed by atoms with Gasteiger partial charge in [-0.15, -0.1) is 0 Å². The molecule has 1 N–H and O–H groups in total. The Labute approximate surface area is 121 Å².